The number of nitrogens with zero attached hydrogens (tertiary/aromatic N) is 2. The molecule has 5 nitrogen and oxygen atoms in total. The molecule has 0 radical (unpaired) electrons. The van der Waals surface area contributed by atoms with Crippen LogP contribution in [0.3, 0.4) is 0 Å². The summed E-state index contributed by atoms with van der Waals surface area (Å²) in [6, 6.07) is 8.07. The topological polar surface area (TPSA) is 50.0 Å². The molecule has 0 bridgehead atoms. The predicted molar refractivity (Wildman–Crippen MR) is 99.6 cm³/mol. The van der Waals surface area contributed by atoms with Crippen LogP contribution in [0.2, 0.25) is 0 Å². The highest BCUT2D eigenvalue weighted by molar-refractivity contribution is 7.09. The Labute approximate surface area is 148 Å². The van der Waals surface area contributed by atoms with E-state index in [9.17, 15) is 0 Å². The van der Waals surface area contributed by atoms with Crippen molar-refractivity contribution >= 4 is 17.3 Å². The molecule has 6 heteroatoms. The zero-order chi connectivity index (χ0) is 17.0. The van der Waals surface area contributed by atoms with Gasteiger partial charge in [0, 0.05) is 38.2 Å². The molecule has 0 aliphatic heterocycles. The van der Waals surface area contributed by atoms with Crippen molar-refractivity contribution < 1.29 is 9.15 Å². The minimum atomic E-state index is 0.525. The number of ether oxygens (including phenoxy) is 1. The van der Waals surface area contributed by atoms with Gasteiger partial charge in [-0.15, -0.1) is 11.3 Å². The highest BCUT2D eigenvalue weighted by Gasteiger charge is 2.06. The Bertz CT molecular complexity index is 567. The number of aliphatic imine (C=N–C) groups is 1. The van der Waals surface area contributed by atoms with Crippen LogP contribution in [-0.2, 0) is 17.8 Å². The summed E-state index contributed by atoms with van der Waals surface area (Å²) in [6.45, 7) is 5.89. The second-order valence-electron chi connectivity index (χ2n) is 5.47. The maximum absolute atomic E-state index is 5.58. The fourth-order valence-electron chi connectivity index (χ4n) is 2.23. The zero-order valence-corrected chi connectivity index (χ0v) is 15.3. The molecule has 0 fully saturated rings. The average molecular weight is 350 g/mol. The fraction of sp³-hybridized carbons (Fsp3) is 0.500. The Morgan fingerprint density at radius 3 is 3.00 bits per heavy atom. The molecular formula is C18H27N3O2S. The standard InChI is InChI=1S/C18H27N3O2S/c1-3-19-18(21(2)11-9-17-8-5-14-24-17)20-10-6-12-22-15-16-7-4-13-23-16/h4-5,7-8,13-14H,3,6,9-12,15H2,1-2H3,(H,19,20). The summed E-state index contributed by atoms with van der Waals surface area (Å²) < 4.78 is 10.8. The van der Waals surface area contributed by atoms with E-state index >= 15 is 0 Å². The minimum absolute atomic E-state index is 0.525. The predicted octanol–water partition coefficient (Wildman–Crippen LogP) is 3.39. The lowest BCUT2D eigenvalue weighted by Gasteiger charge is -2.21. The van der Waals surface area contributed by atoms with Crippen molar-refractivity contribution in [1.82, 2.24) is 10.2 Å². The van der Waals surface area contributed by atoms with Crippen LogP contribution >= 0.6 is 11.3 Å². The third-order valence-corrected chi connectivity index (χ3v) is 4.44. The van der Waals surface area contributed by atoms with E-state index in [0.717, 1.165) is 44.2 Å². The normalized spacial score (nSPS) is 11.7. The Morgan fingerprint density at radius 2 is 2.29 bits per heavy atom. The molecule has 132 valence electrons. The summed E-state index contributed by atoms with van der Waals surface area (Å²) in [7, 11) is 2.09. The number of hydrogen-bond donors (Lipinski definition) is 1. The third-order valence-electron chi connectivity index (χ3n) is 3.50. The molecule has 0 aliphatic carbocycles. The van der Waals surface area contributed by atoms with Gasteiger partial charge in [-0.25, -0.2) is 0 Å². The fourth-order valence-corrected chi connectivity index (χ4v) is 2.93. The molecule has 24 heavy (non-hydrogen) atoms. The van der Waals surface area contributed by atoms with Gasteiger partial charge in [0.15, 0.2) is 5.96 Å². The van der Waals surface area contributed by atoms with Gasteiger partial charge in [-0.3, -0.25) is 4.99 Å². The van der Waals surface area contributed by atoms with Gasteiger partial charge in [0.2, 0.25) is 0 Å². The molecule has 2 rings (SSSR count). The van der Waals surface area contributed by atoms with Gasteiger partial charge in [0.1, 0.15) is 12.4 Å². The molecule has 2 aromatic heterocycles. The number of thiophene rings is 1. The molecule has 2 heterocycles. The van der Waals surface area contributed by atoms with Gasteiger partial charge in [0.05, 0.1) is 6.26 Å². The van der Waals surface area contributed by atoms with Crippen LogP contribution < -0.4 is 5.32 Å². The summed E-state index contributed by atoms with van der Waals surface area (Å²) in [4.78, 5) is 8.27. The first kappa shape index (κ1) is 18.5. The summed E-state index contributed by atoms with van der Waals surface area (Å²) >= 11 is 1.80. The van der Waals surface area contributed by atoms with Crippen LogP contribution in [0.25, 0.3) is 0 Å². The number of rotatable bonds is 10. The Morgan fingerprint density at radius 1 is 1.38 bits per heavy atom. The van der Waals surface area contributed by atoms with Crippen molar-refractivity contribution in [3.8, 4) is 0 Å². The first-order valence-corrected chi connectivity index (χ1v) is 9.29. The van der Waals surface area contributed by atoms with E-state index in [-0.39, 0.29) is 0 Å². The van der Waals surface area contributed by atoms with Crippen LogP contribution in [-0.4, -0.2) is 44.1 Å². The molecule has 0 aromatic carbocycles. The van der Waals surface area contributed by atoms with Crippen molar-refractivity contribution in [3.63, 3.8) is 0 Å². The maximum Gasteiger partial charge on any atom is 0.193 e. The first-order valence-electron chi connectivity index (χ1n) is 8.41. The second-order valence-corrected chi connectivity index (χ2v) is 6.50. The van der Waals surface area contributed by atoms with Crippen molar-refractivity contribution in [3.05, 3.63) is 46.5 Å². The van der Waals surface area contributed by atoms with Crippen molar-refractivity contribution in [2.45, 2.75) is 26.4 Å². The van der Waals surface area contributed by atoms with Gasteiger partial charge < -0.3 is 19.4 Å². The molecule has 0 amide bonds. The van der Waals surface area contributed by atoms with E-state index in [1.807, 2.05) is 12.1 Å². The number of guanidine groups is 1. The highest BCUT2D eigenvalue weighted by atomic mass is 32.1. The lowest BCUT2D eigenvalue weighted by molar-refractivity contribution is 0.105. The molecular weight excluding hydrogens is 322 g/mol. The van der Waals surface area contributed by atoms with E-state index in [1.54, 1.807) is 17.6 Å². The summed E-state index contributed by atoms with van der Waals surface area (Å²) in [5, 5.41) is 5.47. The second kappa shape index (κ2) is 10.9. The smallest absolute Gasteiger partial charge is 0.193 e. The van der Waals surface area contributed by atoms with E-state index in [0.29, 0.717) is 13.2 Å². The third kappa shape index (κ3) is 6.76. The molecule has 0 spiro atoms. The monoisotopic (exact) mass is 349 g/mol. The molecule has 0 unspecified atom stereocenters. The van der Waals surface area contributed by atoms with Crippen LogP contribution in [0.15, 0.2) is 45.3 Å². The van der Waals surface area contributed by atoms with Gasteiger partial charge >= 0.3 is 0 Å². The number of likely N-dealkylation sites (N-methyl/N-ethyl adjacent to an activating group) is 1. The molecule has 0 atom stereocenters. The quantitative estimate of drug-likeness (QED) is 0.406. The molecule has 0 saturated heterocycles. The average Bonchev–Trinajstić information content (AvgIpc) is 3.28. The Hall–Kier alpha value is -1.79. The van der Waals surface area contributed by atoms with Gasteiger partial charge in [-0.05, 0) is 43.3 Å². The van der Waals surface area contributed by atoms with Gasteiger partial charge in [-0.2, -0.15) is 0 Å². The molecule has 1 N–H and O–H groups in total. The number of furan rings is 1. The minimum Gasteiger partial charge on any atom is -0.467 e. The zero-order valence-electron chi connectivity index (χ0n) is 14.5. The van der Waals surface area contributed by atoms with E-state index in [4.69, 9.17) is 9.15 Å². The van der Waals surface area contributed by atoms with Crippen LogP contribution in [0.4, 0.5) is 0 Å². The Kier molecular flexibility index (Phi) is 8.41. The molecule has 0 aliphatic rings. The van der Waals surface area contributed by atoms with E-state index < -0.39 is 0 Å². The lowest BCUT2D eigenvalue weighted by atomic mass is 10.3. The van der Waals surface area contributed by atoms with Crippen LogP contribution in [0.1, 0.15) is 24.0 Å². The van der Waals surface area contributed by atoms with Crippen molar-refractivity contribution in [2.75, 3.05) is 33.3 Å². The summed E-state index contributed by atoms with van der Waals surface area (Å²) in [5.74, 6) is 1.82. The lowest BCUT2D eigenvalue weighted by Crippen LogP contribution is -2.40. The van der Waals surface area contributed by atoms with E-state index in [2.05, 4.69) is 46.7 Å². The van der Waals surface area contributed by atoms with Crippen LogP contribution in [0, 0.1) is 0 Å². The first-order chi connectivity index (χ1) is 11.8. The SMILES string of the molecule is CCNC(=NCCCOCc1ccco1)N(C)CCc1cccs1. The maximum atomic E-state index is 5.58. The summed E-state index contributed by atoms with van der Waals surface area (Å²) in [5.41, 5.74) is 0. The van der Waals surface area contributed by atoms with Crippen molar-refractivity contribution in [2.24, 2.45) is 4.99 Å². The van der Waals surface area contributed by atoms with Gasteiger partial charge in [-0.1, -0.05) is 6.07 Å². The van der Waals surface area contributed by atoms with Gasteiger partial charge in [0.25, 0.3) is 0 Å². The van der Waals surface area contributed by atoms with Crippen molar-refractivity contribution in [1.29, 1.82) is 0 Å². The molecule has 2 aromatic rings. The number of nitrogens with one attached hydrogen (secondary N) is 1. The number of hydrogen-bond acceptors (Lipinski definition) is 4. The van der Waals surface area contributed by atoms with Crippen LogP contribution in [0.5, 0.6) is 0 Å². The highest BCUT2D eigenvalue weighted by Crippen LogP contribution is 2.09. The molecule has 0 saturated carbocycles. The largest absolute Gasteiger partial charge is 0.467 e. The summed E-state index contributed by atoms with van der Waals surface area (Å²) in [6.07, 6.45) is 3.61. The Balaban J connectivity index is 1.66. The van der Waals surface area contributed by atoms with E-state index in [1.165, 1.54) is 4.88 Å².